The third-order valence-electron chi connectivity index (χ3n) is 2.91. The minimum atomic E-state index is -0.0896. The number of rotatable bonds is 4. The largest absolute Gasteiger partial charge is 0.491 e. The van der Waals surface area contributed by atoms with E-state index in [2.05, 4.69) is 0 Å². The molecule has 2 N–H and O–H groups in total. The van der Waals surface area contributed by atoms with Crippen LogP contribution in [0.3, 0.4) is 0 Å². The van der Waals surface area contributed by atoms with Gasteiger partial charge in [0.05, 0.1) is 6.10 Å². The van der Waals surface area contributed by atoms with Gasteiger partial charge in [0.25, 0.3) is 0 Å². The first-order valence-corrected chi connectivity index (χ1v) is 6.34. The summed E-state index contributed by atoms with van der Waals surface area (Å²) in [6.07, 6.45) is 2.40. The predicted molar refractivity (Wildman–Crippen MR) is 68.5 cm³/mol. The van der Waals surface area contributed by atoms with Crippen molar-refractivity contribution in [2.45, 2.75) is 31.9 Å². The molecule has 17 heavy (non-hydrogen) atoms. The first kappa shape index (κ1) is 12.7. The summed E-state index contributed by atoms with van der Waals surface area (Å²) in [5.74, 6) is 0.805. The number of hydrogen-bond acceptors (Lipinski definition) is 3. The number of ether oxygens (including phenoxy) is 2. The summed E-state index contributed by atoms with van der Waals surface area (Å²) in [5, 5.41) is 0.682. The number of benzene rings is 1. The molecule has 94 valence electrons. The molecular weight excluding hydrogens is 238 g/mol. The van der Waals surface area contributed by atoms with Gasteiger partial charge in [-0.15, -0.1) is 0 Å². The highest BCUT2D eigenvalue weighted by molar-refractivity contribution is 6.30. The zero-order valence-corrected chi connectivity index (χ0v) is 10.7. The summed E-state index contributed by atoms with van der Waals surface area (Å²) in [5.41, 5.74) is 6.84. The Morgan fingerprint density at radius 3 is 3.06 bits per heavy atom. The molecule has 0 radical (unpaired) electrons. The second-order valence-corrected chi connectivity index (χ2v) is 4.85. The molecule has 1 fully saturated rings. The van der Waals surface area contributed by atoms with Crippen LogP contribution in [0.4, 0.5) is 0 Å². The van der Waals surface area contributed by atoms with Crippen LogP contribution in [0, 0.1) is 0 Å². The van der Waals surface area contributed by atoms with Gasteiger partial charge in [-0.3, -0.25) is 0 Å². The van der Waals surface area contributed by atoms with E-state index in [1.54, 1.807) is 0 Å². The summed E-state index contributed by atoms with van der Waals surface area (Å²) in [7, 11) is 0. The normalized spacial score (nSPS) is 21.5. The summed E-state index contributed by atoms with van der Waals surface area (Å²) < 4.78 is 11.3. The van der Waals surface area contributed by atoms with E-state index in [9.17, 15) is 0 Å². The third kappa shape index (κ3) is 3.35. The second-order valence-electron chi connectivity index (χ2n) is 4.42. The molecule has 0 aliphatic carbocycles. The number of halogens is 1. The summed E-state index contributed by atoms with van der Waals surface area (Å²) in [6.45, 7) is 3.35. The topological polar surface area (TPSA) is 44.5 Å². The molecule has 0 saturated carbocycles. The molecule has 0 aromatic heterocycles. The number of hydrogen-bond donors (Lipinski definition) is 1. The van der Waals surface area contributed by atoms with Crippen molar-refractivity contribution >= 4 is 11.6 Å². The van der Waals surface area contributed by atoms with Crippen LogP contribution < -0.4 is 10.5 Å². The molecule has 1 aliphatic heterocycles. The first-order chi connectivity index (χ1) is 8.16. The van der Waals surface area contributed by atoms with Gasteiger partial charge >= 0.3 is 0 Å². The SMILES string of the molecule is C[C@@H](N)c1cc(Cl)ccc1OCC1CCCO1. The van der Waals surface area contributed by atoms with Gasteiger partial charge in [-0.2, -0.15) is 0 Å². The molecule has 1 saturated heterocycles. The van der Waals surface area contributed by atoms with E-state index in [0.717, 1.165) is 30.8 Å². The molecule has 4 heteroatoms. The van der Waals surface area contributed by atoms with E-state index < -0.39 is 0 Å². The molecule has 1 aliphatic rings. The maximum Gasteiger partial charge on any atom is 0.124 e. The molecule has 0 amide bonds. The van der Waals surface area contributed by atoms with Crippen LogP contribution in [0.25, 0.3) is 0 Å². The lowest BCUT2D eigenvalue weighted by atomic mass is 10.1. The van der Waals surface area contributed by atoms with E-state index in [1.807, 2.05) is 25.1 Å². The number of nitrogens with two attached hydrogens (primary N) is 1. The van der Waals surface area contributed by atoms with E-state index in [-0.39, 0.29) is 12.1 Å². The van der Waals surface area contributed by atoms with Crippen molar-refractivity contribution in [3.8, 4) is 5.75 Å². The van der Waals surface area contributed by atoms with Crippen LogP contribution in [0.5, 0.6) is 5.75 Å². The molecule has 1 heterocycles. The van der Waals surface area contributed by atoms with E-state index in [4.69, 9.17) is 26.8 Å². The van der Waals surface area contributed by atoms with E-state index in [0.29, 0.717) is 11.6 Å². The van der Waals surface area contributed by atoms with Crippen molar-refractivity contribution in [2.24, 2.45) is 5.73 Å². The molecule has 1 aromatic carbocycles. The molecule has 3 nitrogen and oxygen atoms in total. The minimum Gasteiger partial charge on any atom is -0.491 e. The van der Waals surface area contributed by atoms with Crippen LogP contribution in [0.15, 0.2) is 18.2 Å². The van der Waals surface area contributed by atoms with Gasteiger partial charge in [-0.1, -0.05) is 11.6 Å². The van der Waals surface area contributed by atoms with Crippen molar-refractivity contribution in [3.63, 3.8) is 0 Å². The summed E-state index contributed by atoms with van der Waals surface area (Å²) in [6, 6.07) is 5.46. The molecule has 1 unspecified atom stereocenters. The van der Waals surface area contributed by atoms with Gasteiger partial charge in [-0.05, 0) is 38.0 Å². The van der Waals surface area contributed by atoms with E-state index in [1.165, 1.54) is 0 Å². The Morgan fingerprint density at radius 1 is 1.59 bits per heavy atom. The Labute approximate surface area is 107 Å². The van der Waals surface area contributed by atoms with Crippen molar-refractivity contribution < 1.29 is 9.47 Å². The molecule has 2 rings (SSSR count). The monoisotopic (exact) mass is 255 g/mol. The quantitative estimate of drug-likeness (QED) is 0.900. The van der Waals surface area contributed by atoms with E-state index >= 15 is 0 Å². The molecule has 2 atom stereocenters. The van der Waals surface area contributed by atoms with Crippen LogP contribution in [0.2, 0.25) is 5.02 Å². The summed E-state index contributed by atoms with van der Waals surface area (Å²) in [4.78, 5) is 0. The van der Waals surface area contributed by atoms with Crippen molar-refractivity contribution in [3.05, 3.63) is 28.8 Å². The first-order valence-electron chi connectivity index (χ1n) is 5.96. The molecule has 0 bridgehead atoms. The molecule has 0 spiro atoms. The highest BCUT2D eigenvalue weighted by Crippen LogP contribution is 2.28. The van der Waals surface area contributed by atoms with Crippen LogP contribution >= 0.6 is 11.6 Å². The smallest absolute Gasteiger partial charge is 0.124 e. The Balaban J connectivity index is 2.03. The molecule has 1 aromatic rings. The Hall–Kier alpha value is -0.770. The second kappa shape index (κ2) is 5.71. The lowest BCUT2D eigenvalue weighted by molar-refractivity contribution is 0.0675. The zero-order valence-electron chi connectivity index (χ0n) is 9.99. The van der Waals surface area contributed by atoms with Crippen molar-refractivity contribution in [1.82, 2.24) is 0 Å². The summed E-state index contributed by atoms with van der Waals surface area (Å²) >= 11 is 5.95. The predicted octanol–water partition coefficient (Wildman–Crippen LogP) is 2.92. The Bertz CT molecular complexity index is 376. The van der Waals surface area contributed by atoms with Gasteiger partial charge < -0.3 is 15.2 Å². The maximum absolute atomic E-state index is 5.95. The van der Waals surface area contributed by atoms with Crippen LogP contribution in [-0.4, -0.2) is 19.3 Å². The minimum absolute atomic E-state index is 0.0896. The Morgan fingerprint density at radius 2 is 2.41 bits per heavy atom. The maximum atomic E-state index is 5.95. The highest BCUT2D eigenvalue weighted by Gasteiger charge is 2.17. The van der Waals surface area contributed by atoms with Crippen molar-refractivity contribution in [1.29, 1.82) is 0 Å². The fraction of sp³-hybridized carbons (Fsp3) is 0.538. The average Bonchev–Trinajstić information content (AvgIpc) is 2.80. The highest BCUT2D eigenvalue weighted by atomic mass is 35.5. The van der Waals surface area contributed by atoms with Gasteiger partial charge in [0.15, 0.2) is 0 Å². The van der Waals surface area contributed by atoms with Gasteiger partial charge in [0.2, 0.25) is 0 Å². The van der Waals surface area contributed by atoms with Gasteiger partial charge in [0, 0.05) is 23.2 Å². The lowest BCUT2D eigenvalue weighted by Gasteiger charge is -2.16. The fourth-order valence-corrected chi connectivity index (χ4v) is 2.15. The van der Waals surface area contributed by atoms with Gasteiger partial charge in [0.1, 0.15) is 12.4 Å². The van der Waals surface area contributed by atoms with Crippen LogP contribution in [-0.2, 0) is 4.74 Å². The standard InChI is InChI=1S/C13H18ClNO2/c1-9(15)12-7-10(14)4-5-13(12)17-8-11-3-2-6-16-11/h4-5,7,9,11H,2-3,6,8,15H2,1H3/t9-,11?/m1/s1. The third-order valence-corrected chi connectivity index (χ3v) is 3.15. The fourth-order valence-electron chi connectivity index (χ4n) is 1.97. The zero-order chi connectivity index (χ0) is 12.3. The van der Waals surface area contributed by atoms with Crippen molar-refractivity contribution in [2.75, 3.05) is 13.2 Å². The Kier molecular flexibility index (Phi) is 4.26. The van der Waals surface area contributed by atoms with Crippen LogP contribution in [0.1, 0.15) is 31.4 Å². The average molecular weight is 256 g/mol. The lowest BCUT2D eigenvalue weighted by Crippen LogP contribution is -2.17. The van der Waals surface area contributed by atoms with Gasteiger partial charge in [-0.25, -0.2) is 0 Å². The molecular formula is C13H18ClNO2.